The summed E-state index contributed by atoms with van der Waals surface area (Å²) in [6.45, 7) is -0.0859. The van der Waals surface area contributed by atoms with E-state index < -0.39 is 5.82 Å². The summed E-state index contributed by atoms with van der Waals surface area (Å²) in [5, 5.41) is 0. The summed E-state index contributed by atoms with van der Waals surface area (Å²) in [7, 11) is 3.26. The Labute approximate surface area is 140 Å². The van der Waals surface area contributed by atoms with E-state index >= 15 is 0 Å². The fraction of sp³-hybridized carbons (Fsp3) is 0.158. The summed E-state index contributed by atoms with van der Waals surface area (Å²) in [6, 6.07) is 15.1. The van der Waals surface area contributed by atoms with Crippen molar-refractivity contribution in [2.75, 3.05) is 25.5 Å². The lowest BCUT2D eigenvalue weighted by Crippen LogP contribution is -2.39. The van der Waals surface area contributed by atoms with Gasteiger partial charge < -0.3 is 4.90 Å². The average molecular weight is 326 g/mol. The van der Waals surface area contributed by atoms with Gasteiger partial charge in [0.15, 0.2) is 0 Å². The number of nitrogens with zero attached hydrogens (tertiary/aromatic N) is 2. The monoisotopic (exact) mass is 326 g/mol. The Morgan fingerprint density at radius 1 is 1.00 bits per heavy atom. The first-order valence-corrected chi connectivity index (χ1v) is 7.48. The van der Waals surface area contributed by atoms with Crippen molar-refractivity contribution in [3.63, 3.8) is 0 Å². The summed E-state index contributed by atoms with van der Waals surface area (Å²) in [5.41, 5.74) is 0.925. The van der Waals surface area contributed by atoms with Crippen LogP contribution < -0.4 is 4.90 Å². The highest BCUT2D eigenvalue weighted by Crippen LogP contribution is 2.15. The standard InChI is InChI=1S/C19H19FN2O2/c1-21(2)19(24)14-22(16-9-4-3-5-10-16)18(23)13-12-15-8-6-7-11-17(15)20/h3-13H,14H2,1-2H3. The number of para-hydroxylation sites is 1. The van der Waals surface area contributed by atoms with Crippen molar-refractivity contribution in [1.82, 2.24) is 4.90 Å². The highest BCUT2D eigenvalue weighted by atomic mass is 19.1. The summed E-state index contributed by atoms with van der Waals surface area (Å²) < 4.78 is 13.6. The maximum atomic E-state index is 13.6. The number of anilines is 1. The first kappa shape index (κ1) is 17.4. The maximum Gasteiger partial charge on any atom is 0.251 e. The van der Waals surface area contributed by atoms with Crippen molar-refractivity contribution in [2.24, 2.45) is 0 Å². The van der Waals surface area contributed by atoms with Crippen molar-refractivity contribution in [3.05, 3.63) is 72.1 Å². The lowest BCUT2D eigenvalue weighted by molar-refractivity contribution is -0.128. The molecule has 0 aromatic heterocycles. The molecule has 0 fully saturated rings. The number of rotatable bonds is 5. The highest BCUT2D eigenvalue weighted by molar-refractivity contribution is 6.06. The number of carbonyl (C=O) groups excluding carboxylic acids is 2. The van der Waals surface area contributed by atoms with E-state index in [1.165, 1.54) is 28.0 Å². The van der Waals surface area contributed by atoms with Crippen LogP contribution in [0.15, 0.2) is 60.7 Å². The van der Waals surface area contributed by atoms with E-state index in [4.69, 9.17) is 0 Å². The molecule has 0 aliphatic carbocycles. The van der Waals surface area contributed by atoms with Crippen LogP contribution in [-0.2, 0) is 9.59 Å². The SMILES string of the molecule is CN(C)C(=O)CN(C(=O)C=Cc1ccccc1F)c1ccccc1. The van der Waals surface area contributed by atoms with Gasteiger partial charge in [-0.1, -0.05) is 36.4 Å². The molecule has 0 bridgehead atoms. The molecule has 5 heteroatoms. The number of hydrogen-bond acceptors (Lipinski definition) is 2. The van der Waals surface area contributed by atoms with E-state index in [1.807, 2.05) is 6.07 Å². The van der Waals surface area contributed by atoms with Gasteiger partial charge in [-0.25, -0.2) is 4.39 Å². The second-order valence-corrected chi connectivity index (χ2v) is 5.40. The van der Waals surface area contributed by atoms with Crippen LogP contribution in [0.25, 0.3) is 6.08 Å². The summed E-state index contributed by atoms with van der Waals surface area (Å²) >= 11 is 0. The topological polar surface area (TPSA) is 40.6 Å². The molecule has 2 amide bonds. The molecular formula is C19H19FN2O2. The van der Waals surface area contributed by atoms with Crippen LogP contribution in [0, 0.1) is 5.82 Å². The fourth-order valence-electron chi connectivity index (χ4n) is 2.04. The summed E-state index contributed by atoms with van der Waals surface area (Å²) in [5.74, 6) is -0.997. The minimum atomic E-state index is -0.405. The second-order valence-electron chi connectivity index (χ2n) is 5.40. The smallest absolute Gasteiger partial charge is 0.251 e. The van der Waals surface area contributed by atoms with Gasteiger partial charge in [-0.05, 0) is 24.3 Å². The average Bonchev–Trinajstić information content (AvgIpc) is 2.59. The van der Waals surface area contributed by atoms with Gasteiger partial charge in [0.2, 0.25) is 5.91 Å². The lowest BCUT2D eigenvalue weighted by atomic mass is 10.2. The summed E-state index contributed by atoms with van der Waals surface area (Å²) in [4.78, 5) is 27.3. The van der Waals surface area contributed by atoms with E-state index in [0.29, 0.717) is 11.3 Å². The molecule has 2 aromatic rings. The molecule has 0 radical (unpaired) electrons. The van der Waals surface area contributed by atoms with Crippen molar-refractivity contribution < 1.29 is 14.0 Å². The molecular weight excluding hydrogens is 307 g/mol. The molecule has 0 atom stereocenters. The molecule has 0 spiro atoms. The van der Waals surface area contributed by atoms with Gasteiger partial charge in [-0.3, -0.25) is 14.5 Å². The van der Waals surface area contributed by atoms with Crippen molar-refractivity contribution >= 4 is 23.6 Å². The zero-order chi connectivity index (χ0) is 17.5. The Balaban J connectivity index is 2.24. The van der Waals surface area contributed by atoms with Crippen LogP contribution in [-0.4, -0.2) is 37.4 Å². The third-order valence-electron chi connectivity index (χ3n) is 3.44. The predicted octanol–water partition coefficient (Wildman–Crippen LogP) is 2.96. The third-order valence-corrected chi connectivity index (χ3v) is 3.44. The normalized spacial score (nSPS) is 10.6. The number of carbonyl (C=O) groups is 2. The molecule has 2 rings (SSSR count). The van der Waals surface area contributed by atoms with Crippen LogP contribution in [0.3, 0.4) is 0 Å². The Bertz CT molecular complexity index is 742. The molecule has 24 heavy (non-hydrogen) atoms. The lowest BCUT2D eigenvalue weighted by Gasteiger charge is -2.22. The van der Waals surface area contributed by atoms with Crippen molar-refractivity contribution in [1.29, 1.82) is 0 Å². The first-order chi connectivity index (χ1) is 11.5. The predicted molar refractivity (Wildman–Crippen MR) is 92.9 cm³/mol. The van der Waals surface area contributed by atoms with Gasteiger partial charge in [0.1, 0.15) is 12.4 Å². The van der Waals surface area contributed by atoms with Gasteiger partial charge >= 0.3 is 0 Å². The first-order valence-electron chi connectivity index (χ1n) is 7.48. The molecule has 2 aromatic carbocycles. The molecule has 0 saturated carbocycles. The zero-order valence-electron chi connectivity index (χ0n) is 13.6. The van der Waals surface area contributed by atoms with Crippen molar-refractivity contribution in [2.45, 2.75) is 0 Å². The Kier molecular flexibility index (Phi) is 5.84. The molecule has 0 N–H and O–H groups in total. The molecule has 0 saturated heterocycles. The number of likely N-dealkylation sites (N-methyl/N-ethyl adjacent to an activating group) is 1. The minimum absolute atomic E-state index is 0.0859. The number of hydrogen-bond donors (Lipinski definition) is 0. The van der Waals surface area contributed by atoms with E-state index in [9.17, 15) is 14.0 Å². The number of halogens is 1. The van der Waals surface area contributed by atoms with Crippen LogP contribution in [0.1, 0.15) is 5.56 Å². The third kappa shape index (κ3) is 4.52. The van der Waals surface area contributed by atoms with Crippen LogP contribution in [0.2, 0.25) is 0 Å². The van der Waals surface area contributed by atoms with Crippen LogP contribution in [0.5, 0.6) is 0 Å². The Hall–Kier alpha value is -2.95. The molecule has 0 aliphatic heterocycles. The molecule has 124 valence electrons. The van der Waals surface area contributed by atoms with Gasteiger partial charge in [0.25, 0.3) is 5.91 Å². The van der Waals surface area contributed by atoms with Gasteiger partial charge in [0, 0.05) is 31.4 Å². The quantitative estimate of drug-likeness (QED) is 0.793. The minimum Gasteiger partial charge on any atom is -0.347 e. The number of benzene rings is 2. The van der Waals surface area contributed by atoms with E-state index in [2.05, 4.69) is 0 Å². The van der Waals surface area contributed by atoms with Crippen LogP contribution >= 0.6 is 0 Å². The second kappa shape index (κ2) is 8.06. The van der Waals surface area contributed by atoms with Crippen molar-refractivity contribution in [3.8, 4) is 0 Å². The van der Waals surface area contributed by atoms with Crippen LogP contribution in [0.4, 0.5) is 10.1 Å². The molecule has 0 unspecified atom stereocenters. The highest BCUT2D eigenvalue weighted by Gasteiger charge is 2.18. The largest absolute Gasteiger partial charge is 0.347 e. The summed E-state index contributed by atoms with van der Waals surface area (Å²) in [6.07, 6.45) is 2.68. The number of amides is 2. The van der Waals surface area contributed by atoms with Gasteiger partial charge in [0.05, 0.1) is 0 Å². The van der Waals surface area contributed by atoms with E-state index in [0.717, 1.165) is 0 Å². The zero-order valence-corrected chi connectivity index (χ0v) is 13.6. The Morgan fingerprint density at radius 2 is 1.62 bits per heavy atom. The molecule has 0 heterocycles. The molecule has 4 nitrogen and oxygen atoms in total. The van der Waals surface area contributed by atoms with E-state index in [-0.39, 0.29) is 18.4 Å². The molecule has 0 aliphatic rings. The van der Waals surface area contributed by atoms with Gasteiger partial charge in [-0.15, -0.1) is 0 Å². The Morgan fingerprint density at radius 3 is 2.25 bits per heavy atom. The maximum absolute atomic E-state index is 13.6. The van der Waals surface area contributed by atoms with E-state index in [1.54, 1.807) is 56.6 Å². The van der Waals surface area contributed by atoms with Gasteiger partial charge in [-0.2, -0.15) is 0 Å². The fourth-order valence-corrected chi connectivity index (χ4v) is 2.04.